The van der Waals surface area contributed by atoms with Crippen molar-refractivity contribution >= 4 is 39.2 Å². The molecule has 5 rings (SSSR count). The Labute approximate surface area is 229 Å². The number of likely N-dealkylation sites (tertiary alicyclic amines) is 1. The molecule has 3 aromatic rings. The van der Waals surface area contributed by atoms with E-state index in [1.54, 1.807) is 11.1 Å². The van der Waals surface area contributed by atoms with Gasteiger partial charge in [-0.1, -0.05) is 18.2 Å². The minimum Gasteiger partial charge on any atom is -0.357 e. The van der Waals surface area contributed by atoms with Crippen molar-refractivity contribution in [3.63, 3.8) is 0 Å². The number of hydrogen-bond acceptors (Lipinski definition) is 4. The fourth-order valence-corrected chi connectivity index (χ4v) is 5.61. The number of amides is 2. The number of rotatable bonds is 5. The van der Waals surface area contributed by atoms with Crippen LogP contribution < -0.4 is 10.2 Å². The third kappa shape index (κ3) is 5.88. The van der Waals surface area contributed by atoms with Crippen LogP contribution in [0.2, 0.25) is 0 Å². The van der Waals surface area contributed by atoms with Crippen LogP contribution in [-0.4, -0.2) is 47.9 Å². The molecule has 1 N–H and O–H groups in total. The fraction of sp³-hybridized carbons (Fsp3) is 0.345. The van der Waals surface area contributed by atoms with Crippen molar-refractivity contribution in [1.82, 2.24) is 9.88 Å². The van der Waals surface area contributed by atoms with Gasteiger partial charge in [-0.15, -0.1) is 0 Å². The molecular formula is C29H29BrF2N4O2. The predicted molar refractivity (Wildman–Crippen MR) is 146 cm³/mol. The molecule has 2 aliphatic rings. The summed E-state index contributed by atoms with van der Waals surface area (Å²) in [5.41, 5.74) is 1.80. The van der Waals surface area contributed by atoms with Crippen LogP contribution in [-0.2, 0) is 4.79 Å². The highest BCUT2D eigenvalue weighted by Gasteiger charge is 2.28. The van der Waals surface area contributed by atoms with Gasteiger partial charge in [0.05, 0.1) is 10.0 Å². The molecule has 9 heteroatoms. The summed E-state index contributed by atoms with van der Waals surface area (Å²) in [5, 5.41) is 3.06. The Hall–Kier alpha value is -3.33. The number of hydrogen-bond donors (Lipinski definition) is 1. The first-order chi connectivity index (χ1) is 18.4. The molecule has 6 nitrogen and oxygen atoms in total. The Morgan fingerprint density at radius 1 is 0.895 bits per heavy atom. The molecule has 2 fully saturated rings. The maximum atomic E-state index is 14.2. The van der Waals surface area contributed by atoms with Gasteiger partial charge in [-0.25, -0.2) is 13.8 Å². The minimum atomic E-state index is -0.853. The number of piperidine rings is 2. The first-order valence-electron chi connectivity index (χ1n) is 12.9. The Morgan fingerprint density at radius 3 is 2.26 bits per heavy atom. The maximum Gasteiger partial charge on any atom is 0.256 e. The third-order valence-corrected chi connectivity index (χ3v) is 8.12. The van der Waals surface area contributed by atoms with E-state index in [0.29, 0.717) is 13.1 Å². The second-order valence-electron chi connectivity index (χ2n) is 9.87. The first kappa shape index (κ1) is 26.3. The smallest absolute Gasteiger partial charge is 0.256 e. The number of aromatic nitrogens is 1. The van der Waals surface area contributed by atoms with Gasteiger partial charge in [0.2, 0.25) is 5.91 Å². The predicted octanol–water partition coefficient (Wildman–Crippen LogP) is 6.00. The van der Waals surface area contributed by atoms with Crippen molar-refractivity contribution < 1.29 is 18.4 Å². The molecule has 0 aliphatic carbocycles. The molecule has 2 aliphatic heterocycles. The number of benzene rings is 2. The molecule has 0 spiro atoms. The van der Waals surface area contributed by atoms with E-state index in [1.807, 2.05) is 42.5 Å². The lowest BCUT2D eigenvalue weighted by Crippen LogP contribution is -2.38. The van der Waals surface area contributed by atoms with Crippen LogP contribution >= 0.6 is 15.9 Å². The molecular weight excluding hydrogens is 554 g/mol. The Morgan fingerprint density at radius 2 is 1.61 bits per heavy atom. The topological polar surface area (TPSA) is 65.5 Å². The van der Waals surface area contributed by atoms with Crippen molar-refractivity contribution in [1.29, 1.82) is 0 Å². The summed E-state index contributed by atoms with van der Waals surface area (Å²) in [6.45, 7) is 2.60. The van der Waals surface area contributed by atoms with Crippen LogP contribution in [0.4, 0.5) is 20.3 Å². The summed E-state index contributed by atoms with van der Waals surface area (Å²) in [5.74, 6) is -0.770. The van der Waals surface area contributed by atoms with Gasteiger partial charge in [-0.05, 0) is 83.4 Å². The average molecular weight is 583 g/mol. The number of nitrogens with zero attached hydrogens (tertiary/aromatic N) is 3. The lowest BCUT2D eigenvalue weighted by atomic mass is 9.89. The van der Waals surface area contributed by atoms with Gasteiger partial charge in [0.15, 0.2) is 0 Å². The molecule has 0 atom stereocenters. The SMILES string of the molecule is O=C(Nc1ccc(C2CCN(C(=O)c3cc(Br)c(F)cc3F)CC2)cc1)C1CCN(c2ccccn2)CC1. The van der Waals surface area contributed by atoms with E-state index in [4.69, 9.17) is 0 Å². The van der Waals surface area contributed by atoms with Crippen molar-refractivity contribution in [2.75, 3.05) is 36.4 Å². The van der Waals surface area contributed by atoms with E-state index in [9.17, 15) is 18.4 Å². The van der Waals surface area contributed by atoms with Crippen molar-refractivity contribution in [2.24, 2.45) is 5.92 Å². The van der Waals surface area contributed by atoms with Crippen LogP contribution in [0.1, 0.15) is 47.5 Å². The molecule has 198 valence electrons. The number of carbonyl (C=O) groups excluding carboxylic acids is 2. The number of anilines is 2. The minimum absolute atomic E-state index is 0.0249. The summed E-state index contributed by atoms with van der Waals surface area (Å²) < 4.78 is 27.8. The molecule has 0 saturated carbocycles. The summed E-state index contributed by atoms with van der Waals surface area (Å²) in [6, 6.07) is 15.7. The molecule has 3 heterocycles. The van der Waals surface area contributed by atoms with Crippen molar-refractivity contribution in [3.05, 3.63) is 88.0 Å². The summed E-state index contributed by atoms with van der Waals surface area (Å²) in [7, 11) is 0. The quantitative estimate of drug-likeness (QED) is 0.375. The van der Waals surface area contributed by atoms with Gasteiger partial charge in [-0.2, -0.15) is 0 Å². The highest BCUT2D eigenvalue weighted by molar-refractivity contribution is 9.10. The van der Waals surface area contributed by atoms with Crippen molar-refractivity contribution in [2.45, 2.75) is 31.6 Å². The van der Waals surface area contributed by atoms with E-state index in [2.05, 4.69) is 31.1 Å². The highest BCUT2D eigenvalue weighted by Crippen LogP contribution is 2.31. The molecule has 2 amide bonds. The van der Waals surface area contributed by atoms with Gasteiger partial charge in [0, 0.05) is 50.0 Å². The summed E-state index contributed by atoms with van der Waals surface area (Å²) >= 11 is 3.02. The van der Waals surface area contributed by atoms with Crippen LogP contribution in [0.5, 0.6) is 0 Å². The second-order valence-corrected chi connectivity index (χ2v) is 10.7. The molecule has 38 heavy (non-hydrogen) atoms. The molecule has 1 aromatic heterocycles. The lowest BCUT2D eigenvalue weighted by molar-refractivity contribution is -0.120. The Bertz CT molecular complexity index is 1290. The molecule has 0 radical (unpaired) electrons. The number of halogens is 3. The summed E-state index contributed by atoms with van der Waals surface area (Å²) in [4.78, 5) is 33.9. The van der Waals surface area contributed by atoms with Gasteiger partial charge in [0.25, 0.3) is 5.91 Å². The van der Waals surface area contributed by atoms with E-state index >= 15 is 0 Å². The highest BCUT2D eigenvalue weighted by atomic mass is 79.9. The van der Waals surface area contributed by atoms with Crippen LogP contribution in [0.15, 0.2) is 65.3 Å². The van der Waals surface area contributed by atoms with Crippen molar-refractivity contribution in [3.8, 4) is 0 Å². The standard InChI is InChI=1S/C29H29BrF2N4O2/c30-24-17-23(25(31)18-26(24)32)29(38)36-15-8-20(9-16-36)19-4-6-22(7-5-19)34-28(37)21-10-13-35(14-11-21)27-3-1-2-12-33-27/h1-7,12,17-18,20-21H,8-11,13-16H2,(H,34,37). The monoisotopic (exact) mass is 582 g/mol. The largest absolute Gasteiger partial charge is 0.357 e. The molecule has 2 aromatic carbocycles. The van der Waals surface area contributed by atoms with Gasteiger partial charge in [-0.3, -0.25) is 9.59 Å². The zero-order chi connectivity index (χ0) is 26.6. The second kappa shape index (κ2) is 11.6. The average Bonchev–Trinajstić information content (AvgIpc) is 2.96. The van der Waals surface area contributed by atoms with Crippen LogP contribution in [0.25, 0.3) is 0 Å². The van der Waals surface area contributed by atoms with Crippen LogP contribution in [0, 0.1) is 17.6 Å². The fourth-order valence-electron chi connectivity index (χ4n) is 5.27. The number of carbonyl (C=O) groups is 2. The van der Waals surface area contributed by atoms with E-state index in [0.717, 1.165) is 61.9 Å². The van der Waals surface area contributed by atoms with Gasteiger partial charge >= 0.3 is 0 Å². The van der Waals surface area contributed by atoms with Gasteiger partial charge < -0.3 is 15.1 Å². The molecule has 0 unspecified atom stereocenters. The molecule has 0 bridgehead atoms. The van der Waals surface area contributed by atoms with E-state index in [-0.39, 0.29) is 27.8 Å². The number of nitrogens with one attached hydrogen (secondary N) is 1. The zero-order valence-corrected chi connectivity index (χ0v) is 22.5. The maximum absolute atomic E-state index is 14.2. The lowest BCUT2D eigenvalue weighted by Gasteiger charge is -2.32. The Balaban J connectivity index is 1.11. The normalized spacial score (nSPS) is 16.9. The third-order valence-electron chi connectivity index (χ3n) is 7.51. The van der Waals surface area contributed by atoms with Crippen LogP contribution in [0.3, 0.4) is 0 Å². The van der Waals surface area contributed by atoms with Gasteiger partial charge in [0.1, 0.15) is 17.5 Å². The zero-order valence-electron chi connectivity index (χ0n) is 20.9. The van der Waals surface area contributed by atoms with E-state index in [1.165, 1.54) is 6.07 Å². The van der Waals surface area contributed by atoms with E-state index < -0.39 is 17.5 Å². The Kier molecular flexibility index (Phi) is 8.02. The molecule has 2 saturated heterocycles. The first-order valence-corrected chi connectivity index (χ1v) is 13.7. The summed E-state index contributed by atoms with van der Waals surface area (Å²) in [6.07, 6.45) is 4.86. The number of pyridine rings is 1.